The van der Waals surface area contributed by atoms with Crippen LogP contribution in [0.4, 0.5) is 11.6 Å². The molecule has 0 radical (unpaired) electrons. The topological polar surface area (TPSA) is 192 Å². The lowest BCUT2D eigenvalue weighted by Gasteiger charge is -2.40. The van der Waals surface area contributed by atoms with Gasteiger partial charge in [0.2, 0.25) is 17.8 Å². The van der Waals surface area contributed by atoms with E-state index < -0.39 is 17.9 Å². The molecule has 1 aliphatic rings. The van der Waals surface area contributed by atoms with Crippen LogP contribution in [-0.2, 0) is 32.6 Å². The van der Waals surface area contributed by atoms with Gasteiger partial charge >= 0.3 is 5.97 Å². The fourth-order valence-electron chi connectivity index (χ4n) is 4.26. The maximum Gasteiger partial charge on any atom is 0.320 e. The number of rotatable bonds is 12. The Labute approximate surface area is 245 Å². The molecule has 0 saturated carbocycles. The first-order chi connectivity index (χ1) is 19.9. The van der Waals surface area contributed by atoms with E-state index in [2.05, 4.69) is 45.5 Å². The number of aromatic nitrogens is 4. The lowest BCUT2D eigenvalue weighted by atomic mass is 9.99. The third-order valence-electron chi connectivity index (χ3n) is 6.55. The van der Waals surface area contributed by atoms with E-state index >= 15 is 0 Å². The predicted octanol–water partition coefficient (Wildman–Crippen LogP) is 2.16. The van der Waals surface area contributed by atoms with E-state index in [1.165, 1.54) is 5.56 Å². The number of ether oxygens (including phenoxy) is 1. The van der Waals surface area contributed by atoms with Crippen molar-refractivity contribution >= 4 is 29.4 Å². The summed E-state index contributed by atoms with van der Waals surface area (Å²) in [7, 11) is 1.86. The average Bonchev–Trinajstić information content (AvgIpc) is 3.32. The number of aliphatic carboxylic acids is 1. The van der Waals surface area contributed by atoms with Crippen molar-refractivity contribution in [3.8, 4) is 11.3 Å². The molecule has 42 heavy (non-hydrogen) atoms. The Bertz CT molecular complexity index is 1370. The van der Waals surface area contributed by atoms with Gasteiger partial charge in [-0.3, -0.25) is 19.1 Å². The van der Waals surface area contributed by atoms with E-state index in [4.69, 9.17) is 21.3 Å². The summed E-state index contributed by atoms with van der Waals surface area (Å²) >= 11 is 0. The first-order valence-corrected chi connectivity index (χ1v) is 13.8. The SMILES string of the molecule is Cc1cc(-c2ccnc(Nc3cnn(C)c3)n2)ccc1CCC(=O)N1CC(OC(C)C)C1.NC(=O)CC[C@H](N)C(=O)O. The van der Waals surface area contributed by atoms with Crippen LogP contribution in [0.15, 0.2) is 42.9 Å². The number of anilines is 2. The summed E-state index contributed by atoms with van der Waals surface area (Å²) in [6, 6.07) is 7.18. The largest absolute Gasteiger partial charge is 0.480 e. The van der Waals surface area contributed by atoms with Gasteiger partial charge in [-0.05, 0) is 56.9 Å². The highest BCUT2D eigenvalue weighted by molar-refractivity contribution is 5.78. The Balaban J connectivity index is 0.000000416. The summed E-state index contributed by atoms with van der Waals surface area (Å²) in [4.78, 5) is 43.4. The Morgan fingerprint density at radius 2 is 1.93 bits per heavy atom. The number of carboxylic acid groups (broad SMARTS) is 1. The van der Waals surface area contributed by atoms with Gasteiger partial charge in [0.1, 0.15) is 6.04 Å². The van der Waals surface area contributed by atoms with Gasteiger partial charge in [0, 0.05) is 50.9 Å². The van der Waals surface area contributed by atoms with Gasteiger partial charge in [0.25, 0.3) is 0 Å². The van der Waals surface area contributed by atoms with Crippen LogP contribution >= 0.6 is 0 Å². The summed E-state index contributed by atoms with van der Waals surface area (Å²) in [5, 5.41) is 15.5. The molecule has 4 rings (SSSR count). The lowest BCUT2D eigenvalue weighted by Crippen LogP contribution is -2.55. The fourth-order valence-corrected chi connectivity index (χ4v) is 4.26. The molecule has 0 aliphatic carbocycles. The van der Waals surface area contributed by atoms with Crippen LogP contribution in [0, 0.1) is 6.92 Å². The number of benzene rings is 1. The van der Waals surface area contributed by atoms with Crippen molar-refractivity contribution in [3.05, 3.63) is 54.0 Å². The number of amides is 2. The van der Waals surface area contributed by atoms with E-state index in [1.807, 2.05) is 38.1 Å². The first-order valence-electron chi connectivity index (χ1n) is 13.8. The Hall–Kier alpha value is -4.36. The maximum absolute atomic E-state index is 12.5. The van der Waals surface area contributed by atoms with Gasteiger partial charge in [0.15, 0.2) is 0 Å². The Morgan fingerprint density at radius 1 is 1.19 bits per heavy atom. The molecule has 2 amide bonds. The van der Waals surface area contributed by atoms with Crippen molar-refractivity contribution < 1.29 is 24.2 Å². The van der Waals surface area contributed by atoms with E-state index in [0.29, 0.717) is 25.5 Å². The minimum atomic E-state index is -1.11. The van der Waals surface area contributed by atoms with Crippen LogP contribution in [0.1, 0.15) is 44.2 Å². The van der Waals surface area contributed by atoms with Crippen LogP contribution < -0.4 is 16.8 Å². The zero-order valence-corrected chi connectivity index (χ0v) is 24.5. The smallest absolute Gasteiger partial charge is 0.320 e. The first kappa shape index (κ1) is 32.2. The number of nitrogens with one attached hydrogen (secondary N) is 1. The number of aryl methyl sites for hydroxylation is 3. The second-order valence-corrected chi connectivity index (χ2v) is 10.5. The van der Waals surface area contributed by atoms with Crippen LogP contribution in [0.2, 0.25) is 0 Å². The Kier molecular flexibility index (Phi) is 11.5. The molecule has 1 atom stereocenters. The summed E-state index contributed by atoms with van der Waals surface area (Å²) < 4.78 is 7.45. The van der Waals surface area contributed by atoms with Crippen molar-refractivity contribution in [1.29, 1.82) is 0 Å². The van der Waals surface area contributed by atoms with Crippen LogP contribution in [0.25, 0.3) is 11.3 Å². The van der Waals surface area contributed by atoms with Gasteiger partial charge in [-0.1, -0.05) is 12.1 Å². The number of hydrogen-bond donors (Lipinski definition) is 4. The molecule has 13 nitrogen and oxygen atoms in total. The highest BCUT2D eigenvalue weighted by Gasteiger charge is 2.31. The van der Waals surface area contributed by atoms with E-state index in [1.54, 1.807) is 17.1 Å². The number of likely N-dealkylation sites (tertiary alicyclic amines) is 1. The van der Waals surface area contributed by atoms with Gasteiger partial charge in [-0.2, -0.15) is 5.10 Å². The fraction of sp³-hybridized carbons (Fsp3) is 0.448. The third-order valence-corrected chi connectivity index (χ3v) is 6.55. The van der Waals surface area contributed by atoms with Crippen molar-refractivity contribution in [3.63, 3.8) is 0 Å². The quantitative estimate of drug-likeness (QED) is 0.247. The zero-order valence-electron chi connectivity index (χ0n) is 24.5. The molecule has 0 bridgehead atoms. The summed E-state index contributed by atoms with van der Waals surface area (Å²) in [5.74, 6) is -0.922. The molecular formula is C29H40N8O5. The van der Waals surface area contributed by atoms with Crippen LogP contribution in [0.5, 0.6) is 0 Å². The normalized spacial score (nSPS) is 13.6. The number of carbonyl (C=O) groups is 3. The predicted molar refractivity (Wildman–Crippen MR) is 158 cm³/mol. The molecule has 1 aliphatic heterocycles. The number of carboxylic acids is 1. The number of nitrogens with zero attached hydrogens (tertiary/aromatic N) is 5. The minimum absolute atomic E-state index is 0.0213. The summed E-state index contributed by atoms with van der Waals surface area (Å²) in [6.45, 7) is 7.54. The second kappa shape index (κ2) is 15.0. The second-order valence-electron chi connectivity index (χ2n) is 10.5. The van der Waals surface area contributed by atoms with Crippen LogP contribution in [-0.4, -0.2) is 78.9 Å². The molecule has 6 N–H and O–H groups in total. The van der Waals surface area contributed by atoms with E-state index in [0.717, 1.165) is 28.9 Å². The monoisotopic (exact) mass is 580 g/mol. The standard InChI is InChI=1S/C24H30N6O2.C5H10N2O3/c1-16(2)32-21-14-30(15-21)23(31)8-7-18-5-6-19(11-17(18)3)22-9-10-25-24(28-22)27-20-12-26-29(4)13-20;6-3(5(9)10)1-2-4(7)8/h5-6,9-13,16,21H,7-8,14-15H2,1-4H3,(H,25,27,28);3H,1-2,6H2,(H2,7,8)(H,9,10)/t;3-/m.0/s1. The molecule has 1 aromatic carbocycles. The highest BCUT2D eigenvalue weighted by atomic mass is 16.5. The van der Waals surface area contributed by atoms with Gasteiger partial charge in [-0.25, -0.2) is 9.97 Å². The maximum atomic E-state index is 12.5. The number of nitrogens with two attached hydrogens (primary N) is 2. The van der Waals surface area contributed by atoms with Gasteiger partial charge in [0.05, 0.1) is 29.8 Å². The van der Waals surface area contributed by atoms with Crippen molar-refractivity contribution in [2.24, 2.45) is 18.5 Å². The number of carbonyl (C=O) groups excluding carboxylic acids is 2. The molecule has 3 aromatic rings. The van der Waals surface area contributed by atoms with Gasteiger partial charge < -0.3 is 31.5 Å². The van der Waals surface area contributed by atoms with E-state index in [-0.39, 0.29) is 31.0 Å². The minimum Gasteiger partial charge on any atom is -0.480 e. The van der Waals surface area contributed by atoms with Crippen molar-refractivity contribution in [1.82, 2.24) is 24.6 Å². The van der Waals surface area contributed by atoms with Gasteiger partial charge in [-0.15, -0.1) is 0 Å². The highest BCUT2D eigenvalue weighted by Crippen LogP contribution is 2.24. The number of hydrogen-bond acceptors (Lipinski definition) is 9. The van der Waals surface area contributed by atoms with Crippen molar-refractivity contribution in [2.45, 2.75) is 64.7 Å². The molecule has 0 spiro atoms. The molecule has 0 unspecified atom stereocenters. The molecule has 3 heterocycles. The molecular weight excluding hydrogens is 540 g/mol. The van der Waals surface area contributed by atoms with E-state index in [9.17, 15) is 14.4 Å². The van der Waals surface area contributed by atoms with Crippen molar-refractivity contribution in [2.75, 3.05) is 18.4 Å². The molecule has 1 saturated heterocycles. The molecule has 1 fully saturated rings. The average molecular weight is 581 g/mol. The lowest BCUT2D eigenvalue weighted by molar-refractivity contribution is -0.148. The molecule has 226 valence electrons. The zero-order chi connectivity index (χ0) is 30.8. The summed E-state index contributed by atoms with van der Waals surface area (Å²) in [6.07, 6.45) is 7.10. The van der Waals surface area contributed by atoms with Crippen LogP contribution in [0.3, 0.4) is 0 Å². The third kappa shape index (κ3) is 9.93. The number of primary amides is 1. The molecule has 13 heteroatoms. The molecule has 2 aromatic heterocycles. The Morgan fingerprint density at radius 3 is 2.52 bits per heavy atom. The summed E-state index contributed by atoms with van der Waals surface area (Å²) in [5.41, 5.74) is 14.8.